The van der Waals surface area contributed by atoms with Crippen molar-refractivity contribution >= 4 is 29.1 Å². The summed E-state index contributed by atoms with van der Waals surface area (Å²) in [5.41, 5.74) is 8.06. The molecule has 3 heterocycles. The third-order valence-electron chi connectivity index (χ3n) is 5.20. The van der Waals surface area contributed by atoms with Crippen molar-refractivity contribution in [3.8, 4) is 0 Å². The molecule has 3 aromatic rings. The van der Waals surface area contributed by atoms with Crippen molar-refractivity contribution < 1.29 is 0 Å². The topological polar surface area (TPSA) is 31.9 Å². The number of aryl methyl sites for hydroxylation is 3. The first kappa shape index (κ1) is 16.8. The molecule has 0 saturated carbocycles. The molecule has 0 unspecified atom stereocenters. The number of H-pyrrole nitrogens is 1. The Labute approximate surface area is 149 Å². The molecule has 0 saturated heterocycles. The highest BCUT2D eigenvalue weighted by molar-refractivity contribution is 5.96. The van der Waals surface area contributed by atoms with Gasteiger partial charge in [-0.2, -0.15) is 0 Å². The zero-order chi connectivity index (χ0) is 16.0. The van der Waals surface area contributed by atoms with Gasteiger partial charge in [0, 0.05) is 30.4 Å². The quantitative estimate of drug-likeness (QED) is 0.731. The normalized spacial score (nSPS) is 13.7. The number of halogens is 1. The third kappa shape index (κ3) is 2.57. The summed E-state index contributed by atoms with van der Waals surface area (Å²) in [5.74, 6) is 1.13. The van der Waals surface area contributed by atoms with Crippen LogP contribution in [0, 0.1) is 13.8 Å². The summed E-state index contributed by atoms with van der Waals surface area (Å²) in [4.78, 5) is 10.9. The van der Waals surface area contributed by atoms with Gasteiger partial charge < -0.3 is 9.88 Å². The Morgan fingerprint density at radius 1 is 1.17 bits per heavy atom. The van der Waals surface area contributed by atoms with Crippen LogP contribution in [-0.4, -0.2) is 16.5 Å². The molecule has 0 bridgehead atoms. The molecule has 0 amide bonds. The molecule has 4 rings (SSSR count). The van der Waals surface area contributed by atoms with E-state index in [4.69, 9.17) is 4.98 Å². The van der Waals surface area contributed by atoms with Gasteiger partial charge in [0.2, 0.25) is 0 Å². The Bertz CT molecular complexity index is 882. The van der Waals surface area contributed by atoms with Crippen molar-refractivity contribution in [2.75, 3.05) is 11.4 Å². The number of hydrogen-bond donors (Lipinski definition) is 1. The zero-order valence-electron chi connectivity index (χ0n) is 14.5. The van der Waals surface area contributed by atoms with E-state index in [9.17, 15) is 0 Å². The number of rotatable bonds is 2. The summed E-state index contributed by atoms with van der Waals surface area (Å²) < 4.78 is 0. The van der Waals surface area contributed by atoms with Crippen LogP contribution in [-0.2, 0) is 19.4 Å². The van der Waals surface area contributed by atoms with Crippen LogP contribution < -0.4 is 4.90 Å². The summed E-state index contributed by atoms with van der Waals surface area (Å²) in [6.45, 7) is 8.54. The van der Waals surface area contributed by atoms with Crippen molar-refractivity contribution in [2.45, 2.75) is 40.2 Å². The van der Waals surface area contributed by atoms with E-state index in [0.29, 0.717) is 0 Å². The SMILES string of the molecule is CCc1cnc(N2CCc3ccccc3C2)c2c(C)c(C)[nH]c12.Cl. The summed E-state index contributed by atoms with van der Waals surface area (Å²) in [7, 11) is 0. The molecule has 24 heavy (non-hydrogen) atoms. The van der Waals surface area contributed by atoms with Crippen LogP contribution in [0.4, 0.5) is 5.82 Å². The molecule has 0 atom stereocenters. The van der Waals surface area contributed by atoms with Crippen LogP contribution in [0.3, 0.4) is 0 Å². The monoisotopic (exact) mass is 341 g/mol. The first-order valence-corrected chi connectivity index (χ1v) is 8.47. The fourth-order valence-electron chi connectivity index (χ4n) is 3.69. The van der Waals surface area contributed by atoms with Gasteiger partial charge in [-0.15, -0.1) is 12.4 Å². The van der Waals surface area contributed by atoms with Gasteiger partial charge in [-0.3, -0.25) is 0 Å². The van der Waals surface area contributed by atoms with Crippen LogP contribution in [0.2, 0.25) is 0 Å². The molecule has 0 radical (unpaired) electrons. The van der Waals surface area contributed by atoms with Crippen LogP contribution in [0.1, 0.15) is 34.9 Å². The molecule has 1 aliphatic heterocycles. The fraction of sp³-hybridized carbons (Fsp3) is 0.350. The lowest BCUT2D eigenvalue weighted by atomic mass is 9.99. The van der Waals surface area contributed by atoms with E-state index in [1.807, 2.05) is 6.20 Å². The molecule has 126 valence electrons. The second-order valence-corrected chi connectivity index (χ2v) is 6.53. The van der Waals surface area contributed by atoms with Gasteiger partial charge in [0.05, 0.1) is 5.52 Å². The molecule has 3 nitrogen and oxygen atoms in total. The second-order valence-electron chi connectivity index (χ2n) is 6.53. The van der Waals surface area contributed by atoms with E-state index in [1.165, 1.54) is 38.9 Å². The number of aromatic nitrogens is 2. The fourth-order valence-corrected chi connectivity index (χ4v) is 3.69. The van der Waals surface area contributed by atoms with Crippen molar-refractivity contribution in [3.63, 3.8) is 0 Å². The number of nitrogens with one attached hydrogen (secondary N) is 1. The lowest BCUT2D eigenvalue weighted by Gasteiger charge is -2.30. The Kier molecular flexibility index (Phi) is 4.55. The minimum atomic E-state index is 0. The Balaban J connectivity index is 0.00000169. The highest BCUT2D eigenvalue weighted by atomic mass is 35.5. The highest BCUT2D eigenvalue weighted by Gasteiger charge is 2.21. The van der Waals surface area contributed by atoms with Gasteiger partial charge in [0.25, 0.3) is 0 Å². The third-order valence-corrected chi connectivity index (χ3v) is 5.20. The van der Waals surface area contributed by atoms with Gasteiger partial charge >= 0.3 is 0 Å². The predicted molar refractivity (Wildman–Crippen MR) is 103 cm³/mol. The second kappa shape index (κ2) is 6.48. The molecule has 0 aliphatic carbocycles. The van der Waals surface area contributed by atoms with Gasteiger partial charge in [-0.1, -0.05) is 31.2 Å². The van der Waals surface area contributed by atoms with Gasteiger partial charge in [0.1, 0.15) is 5.82 Å². The summed E-state index contributed by atoms with van der Waals surface area (Å²) in [5, 5.41) is 1.31. The maximum Gasteiger partial charge on any atom is 0.138 e. The standard InChI is InChI=1S/C20H23N3.ClH/c1-4-15-11-21-20(18-13(2)14(3)22-19(15)18)23-10-9-16-7-5-6-8-17(16)12-23;/h5-8,11,22H,4,9-10,12H2,1-3H3;1H. The van der Waals surface area contributed by atoms with Gasteiger partial charge in [-0.25, -0.2) is 4.98 Å². The first-order chi connectivity index (χ1) is 11.2. The van der Waals surface area contributed by atoms with Gasteiger partial charge in [-0.05, 0) is 48.9 Å². The van der Waals surface area contributed by atoms with E-state index < -0.39 is 0 Å². The largest absolute Gasteiger partial charge is 0.358 e. The highest BCUT2D eigenvalue weighted by Crippen LogP contribution is 2.34. The predicted octanol–water partition coefficient (Wildman–Crippen LogP) is 4.73. The summed E-state index contributed by atoms with van der Waals surface area (Å²) in [6, 6.07) is 8.77. The minimum Gasteiger partial charge on any atom is -0.358 e. The van der Waals surface area contributed by atoms with Crippen molar-refractivity contribution in [1.29, 1.82) is 0 Å². The Morgan fingerprint density at radius 2 is 1.92 bits per heavy atom. The average Bonchev–Trinajstić information content (AvgIpc) is 2.89. The zero-order valence-corrected chi connectivity index (χ0v) is 15.3. The van der Waals surface area contributed by atoms with Crippen LogP contribution in [0.5, 0.6) is 0 Å². The van der Waals surface area contributed by atoms with E-state index in [0.717, 1.165) is 31.7 Å². The molecule has 2 aromatic heterocycles. The average molecular weight is 342 g/mol. The number of fused-ring (bicyclic) bond motifs is 2. The molecule has 1 N–H and O–H groups in total. The van der Waals surface area contributed by atoms with E-state index in [1.54, 1.807) is 0 Å². The van der Waals surface area contributed by atoms with Crippen LogP contribution in [0.15, 0.2) is 30.5 Å². The van der Waals surface area contributed by atoms with E-state index in [-0.39, 0.29) is 12.4 Å². The Morgan fingerprint density at radius 3 is 2.67 bits per heavy atom. The summed E-state index contributed by atoms with van der Waals surface area (Å²) >= 11 is 0. The van der Waals surface area contributed by atoms with Crippen LogP contribution in [0.25, 0.3) is 10.9 Å². The molecule has 1 aliphatic rings. The minimum absolute atomic E-state index is 0. The number of benzene rings is 1. The molecule has 0 spiro atoms. The summed E-state index contributed by atoms with van der Waals surface area (Å²) in [6.07, 6.45) is 4.15. The maximum absolute atomic E-state index is 4.85. The number of hydrogen-bond acceptors (Lipinski definition) is 2. The lowest BCUT2D eigenvalue weighted by Crippen LogP contribution is -2.31. The van der Waals surface area contributed by atoms with Crippen molar-refractivity contribution in [2.24, 2.45) is 0 Å². The molecular weight excluding hydrogens is 318 g/mol. The van der Waals surface area contributed by atoms with E-state index in [2.05, 4.69) is 54.9 Å². The molecule has 1 aromatic carbocycles. The number of nitrogens with zero attached hydrogens (tertiary/aromatic N) is 2. The lowest BCUT2D eigenvalue weighted by molar-refractivity contribution is 0.723. The molecular formula is C20H24ClN3. The van der Waals surface area contributed by atoms with Gasteiger partial charge in [0.15, 0.2) is 0 Å². The molecule has 0 fully saturated rings. The molecule has 4 heteroatoms. The number of pyridine rings is 1. The number of anilines is 1. The van der Waals surface area contributed by atoms with Crippen molar-refractivity contribution in [3.05, 3.63) is 58.4 Å². The maximum atomic E-state index is 4.85. The number of aromatic amines is 1. The van der Waals surface area contributed by atoms with Crippen molar-refractivity contribution in [1.82, 2.24) is 9.97 Å². The van der Waals surface area contributed by atoms with E-state index >= 15 is 0 Å². The smallest absolute Gasteiger partial charge is 0.138 e. The van der Waals surface area contributed by atoms with Crippen LogP contribution >= 0.6 is 12.4 Å². The first-order valence-electron chi connectivity index (χ1n) is 8.47. The Hall–Kier alpha value is -2.00.